The number of aryl methyl sites for hydroxylation is 1. The fourth-order valence-electron chi connectivity index (χ4n) is 3.45. The topological polar surface area (TPSA) is 38.0 Å². The van der Waals surface area contributed by atoms with Crippen LogP contribution in [0, 0.1) is 17.8 Å². The van der Waals surface area contributed by atoms with E-state index in [0.29, 0.717) is 5.92 Å². The highest BCUT2D eigenvalue weighted by atomic mass is 16.3. The second-order valence-corrected chi connectivity index (χ2v) is 5.32. The molecule has 0 aromatic carbocycles. The highest BCUT2D eigenvalue weighted by molar-refractivity contribution is 5.16. The molecule has 2 aliphatic rings. The lowest BCUT2D eigenvalue weighted by Gasteiger charge is -2.09. The van der Waals surface area contributed by atoms with E-state index in [1.54, 1.807) is 0 Å². The average molecular weight is 220 g/mol. The molecule has 1 aromatic heterocycles. The van der Waals surface area contributed by atoms with Crippen LogP contribution in [-0.2, 0) is 6.54 Å². The molecule has 2 aliphatic carbocycles. The van der Waals surface area contributed by atoms with Crippen molar-refractivity contribution in [1.29, 1.82) is 0 Å². The Morgan fingerprint density at radius 3 is 2.94 bits per heavy atom. The summed E-state index contributed by atoms with van der Waals surface area (Å²) in [4.78, 5) is 0. The minimum absolute atomic E-state index is 0.263. The maximum Gasteiger partial charge on any atom is 0.0854 e. The van der Waals surface area contributed by atoms with E-state index in [1.165, 1.54) is 19.3 Å². The Balaban J connectivity index is 1.67. The molecule has 88 valence electrons. The Hall–Kier alpha value is -0.830. The monoisotopic (exact) mass is 220 g/mol. The maximum atomic E-state index is 10.3. The first-order valence-electron chi connectivity index (χ1n) is 6.51. The summed E-state index contributed by atoms with van der Waals surface area (Å²) in [6.07, 6.45) is 8.71. The second kappa shape index (κ2) is 3.88. The first kappa shape index (κ1) is 10.3. The van der Waals surface area contributed by atoms with E-state index in [4.69, 9.17) is 0 Å². The molecule has 3 unspecified atom stereocenters. The van der Waals surface area contributed by atoms with Crippen molar-refractivity contribution in [3.8, 4) is 0 Å². The summed E-state index contributed by atoms with van der Waals surface area (Å²) in [5.74, 6) is 2.15. The molecular weight excluding hydrogens is 200 g/mol. The molecule has 2 fully saturated rings. The van der Waals surface area contributed by atoms with Gasteiger partial charge in [-0.3, -0.25) is 4.68 Å². The number of aliphatic hydroxyl groups is 1. The van der Waals surface area contributed by atoms with Gasteiger partial charge >= 0.3 is 0 Å². The molecule has 2 saturated carbocycles. The van der Waals surface area contributed by atoms with Crippen LogP contribution >= 0.6 is 0 Å². The molecule has 0 aliphatic heterocycles. The van der Waals surface area contributed by atoms with Gasteiger partial charge in [0.25, 0.3) is 0 Å². The molecule has 0 spiro atoms. The number of nitrogens with zero attached hydrogens (tertiary/aromatic N) is 2. The van der Waals surface area contributed by atoms with Gasteiger partial charge in [0.1, 0.15) is 0 Å². The predicted octanol–water partition coefficient (Wildman–Crippen LogP) is 2.37. The molecular formula is C13H20N2O. The van der Waals surface area contributed by atoms with E-state index < -0.39 is 0 Å². The number of fused-ring (bicyclic) bond motifs is 1. The molecule has 1 N–H and O–H groups in total. The molecule has 3 atom stereocenters. The third-order valence-electron chi connectivity index (χ3n) is 4.28. The van der Waals surface area contributed by atoms with Crippen molar-refractivity contribution >= 4 is 0 Å². The van der Waals surface area contributed by atoms with Crippen molar-refractivity contribution in [2.24, 2.45) is 17.8 Å². The summed E-state index contributed by atoms with van der Waals surface area (Å²) in [6.45, 7) is 3.09. The SMILES string of the molecule is CCCn1cc(C(O)C2C3CCCC32)cn1. The summed E-state index contributed by atoms with van der Waals surface area (Å²) in [7, 11) is 0. The zero-order chi connectivity index (χ0) is 11.1. The molecule has 3 nitrogen and oxygen atoms in total. The Morgan fingerprint density at radius 2 is 2.25 bits per heavy atom. The summed E-state index contributed by atoms with van der Waals surface area (Å²) in [5.41, 5.74) is 1.02. The van der Waals surface area contributed by atoms with Gasteiger partial charge in [-0.25, -0.2) is 0 Å². The van der Waals surface area contributed by atoms with E-state index >= 15 is 0 Å². The minimum atomic E-state index is -0.263. The standard InChI is InChI=1S/C13H20N2O/c1-2-6-15-8-9(7-14-15)13(16)12-10-4-3-5-11(10)12/h7-8,10-13,16H,2-6H2,1H3. The van der Waals surface area contributed by atoms with Crippen molar-refractivity contribution in [1.82, 2.24) is 9.78 Å². The normalized spacial score (nSPS) is 33.8. The molecule has 1 heterocycles. The summed E-state index contributed by atoms with van der Waals surface area (Å²) >= 11 is 0. The number of hydrogen-bond donors (Lipinski definition) is 1. The van der Waals surface area contributed by atoms with Crippen LogP contribution in [0.2, 0.25) is 0 Å². The zero-order valence-corrected chi connectivity index (χ0v) is 9.84. The Morgan fingerprint density at radius 1 is 1.50 bits per heavy atom. The van der Waals surface area contributed by atoms with Crippen molar-refractivity contribution in [2.45, 2.75) is 45.3 Å². The third-order valence-corrected chi connectivity index (χ3v) is 4.28. The van der Waals surface area contributed by atoms with E-state index in [2.05, 4.69) is 12.0 Å². The van der Waals surface area contributed by atoms with Crippen LogP contribution in [0.5, 0.6) is 0 Å². The highest BCUT2D eigenvalue weighted by Crippen LogP contribution is 2.62. The fourth-order valence-corrected chi connectivity index (χ4v) is 3.45. The zero-order valence-electron chi connectivity index (χ0n) is 9.84. The molecule has 1 aromatic rings. The van der Waals surface area contributed by atoms with Crippen molar-refractivity contribution in [3.05, 3.63) is 18.0 Å². The minimum Gasteiger partial charge on any atom is -0.388 e. The van der Waals surface area contributed by atoms with Crippen LogP contribution < -0.4 is 0 Å². The molecule has 3 rings (SSSR count). The second-order valence-electron chi connectivity index (χ2n) is 5.32. The summed E-state index contributed by atoms with van der Waals surface area (Å²) in [5, 5.41) is 14.6. The summed E-state index contributed by atoms with van der Waals surface area (Å²) in [6, 6.07) is 0. The lowest BCUT2D eigenvalue weighted by molar-refractivity contribution is 0.137. The number of aliphatic hydroxyl groups excluding tert-OH is 1. The van der Waals surface area contributed by atoms with Crippen molar-refractivity contribution in [2.75, 3.05) is 0 Å². The van der Waals surface area contributed by atoms with E-state index in [9.17, 15) is 5.11 Å². The Labute approximate surface area is 96.5 Å². The van der Waals surface area contributed by atoms with Gasteiger partial charge in [-0.15, -0.1) is 0 Å². The van der Waals surface area contributed by atoms with Gasteiger partial charge in [0.15, 0.2) is 0 Å². The summed E-state index contributed by atoms with van der Waals surface area (Å²) < 4.78 is 1.94. The smallest absolute Gasteiger partial charge is 0.0854 e. The van der Waals surface area contributed by atoms with Crippen LogP contribution in [0.25, 0.3) is 0 Å². The highest BCUT2D eigenvalue weighted by Gasteiger charge is 2.56. The Bertz CT molecular complexity index is 364. The maximum absolute atomic E-state index is 10.3. The van der Waals surface area contributed by atoms with Crippen LogP contribution in [0.3, 0.4) is 0 Å². The van der Waals surface area contributed by atoms with Crippen LogP contribution in [0.15, 0.2) is 12.4 Å². The first-order chi connectivity index (χ1) is 7.81. The Kier molecular flexibility index (Phi) is 2.51. The molecule has 3 heteroatoms. The lowest BCUT2D eigenvalue weighted by Crippen LogP contribution is -2.03. The van der Waals surface area contributed by atoms with Crippen LogP contribution in [0.1, 0.15) is 44.3 Å². The van der Waals surface area contributed by atoms with Crippen LogP contribution in [-0.4, -0.2) is 14.9 Å². The van der Waals surface area contributed by atoms with Gasteiger partial charge in [0.05, 0.1) is 12.3 Å². The van der Waals surface area contributed by atoms with Crippen molar-refractivity contribution in [3.63, 3.8) is 0 Å². The van der Waals surface area contributed by atoms with Gasteiger partial charge in [-0.1, -0.05) is 13.3 Å². The fraction of sp³-hybridized carbons (Fsp3) is 0.769. The van der Waals surface area contributed by atoms with Crippen molar-refractivity contribution < 1.29 is 5.11 Å². The number of aromatic nitrogens is 2. The molecule has 0 bridgehead atoms. The molecule has 16 heavy (non-hydrogen) atoms. The van der Waals surface area contributed by atoms with E-state index in [1.807, 2.05) is 17.1 Å². The third kappa shape index (κ3) is 1.58. The first-order valence-corrected chi connectivity index (χ1v) is 6.51. The van der Waals surface area contributed by atoms with Gasteiger partial charge in [0.2, 0.25) is 0 Å². The van der Waals surface area contributed by atoms with Gasteiger partial charge in [-0.2, -0.15) is 5.10 Å². The lowest BCUT2D eigenvalue weighted by atomic mass is 10.0. The number of hydrogen-bond acceptors (Lipinski definition) is 2. The predicted molar refractivity (Wildman–Crippen MR) is 61.8 cm³/mol. The van der Waals surface area contributed by atoms with E-state index in [0.717, 1.165) is 30.4 Å². The van der Waals surface area contributed by atoms with Gasteiger partial charge in [-0.05, 0) is 37.0 Å². The number of rotatable bonds is 4. The largest absolute Gasteiger partial charge is 0.388 e. The molecule has 0 saturated heterocycles. The molecule has 0 radical (unpaired) electrons. The van der Waals surface area contributed by atoms with Gasteiger partial charge < -0.3 is 5.11 Å². The van der Waals surface area contributed by atoms with Crippen LogP contribution in [0.4, 0.5) is 0 Å². The average Bonchev–Trinajstić information content (AvgIpc) is 2.73. The van der Waals surface area contributed by atoms with Gasteiger partial charge in [0, 0.05) is 18.3 Å². The quantitative estimate of drug-likeness (QED) is 0.846. The molecule has 0 amide bonds. The van der Waals surface area contributed by atoms with E-state index in [-0.39, 0.29) is 6.10 Å².